The summed E-state index contributed by atoms with van der Waals surface area (Å²) in [5.74, 6) is 0.115. The van der Waals surface area contributed by atoms with Crippen molar-refractivity contribution in [2.24, 2.45) is 23.0 Å². The number of carbonyl (C=O) groups is 1. The molecule has 1 fully saturated rings. The van der Waals surface area contributed by atoms with Gasteiger partial charge in [0.1, 0.15) is 5.60 Å². The lowest BCUT2D eigenvalue weighted by atomic mass is 9.61. The Kier molecular flexibility index (Phi) is 4.98. The second-order valence-corrected chi connectivity index (χ2v) is 6.78. The van der Waals surface area contributed by atoms with Gasteiger partial charge < -0.3 is 21.3 Å². The minimum absolute atomic E-state index is 0.0579. The second-order valence-electron chi connectivity index (χ2n) is 6.78. The Balaban J connectivity index is 2.67. The van der Waals surface area contributed by atoms with Crippen molar-refractivity contribution in [3.63, 3.8) is 0 Å². The number of hydrogen-bond acceptors (Lipinski definition) is 4. The van der Waals surface area contributed by atoms with E-state index in [0.29, 0.717) is 0 Å². The normalized spacial score (nSPS) is 33.5. The molecule has 0 aromatic rings. The van der Waals surface area contributed by atoms with E-state index in [1.54, 1.807) is 0 Å². The molecule has 1 amide bonds. The van der Waals surface area contributed by atoms with E-state index in [1.165, 1.54) is 6.92 Å². The molecule has 5 nitrogen and oxygen atoms in total. The Hall–Kier alpha value is -0.650. The van der Waals surface area contributed by atoms with Crippen molar-refractivity contribution >= 4 is 5.91 Å². The number of nitrogens with two attached hydrogens (primary N) is 1. The van der Waals surface area contributed by atoms with E-state index < -0.39 is 5.60 Å². The predicted octanol–water partition coefficient (Wildman–Crippen LogP) is 0.246. The van der Waals surface area contributed by atoms with Crippen molar-refractivity contribution in [3.05, 3.63) is 0 Å². The molecular formula is C14H28N2O3. The van der Waals surface area contributed by atoms with Crippen molar-refractivity contribution in [1.29, 1.82) is 0 Å². The molecule has 0 bridgehead atoms. The average Bonchev–Trinajstić information content (AvgIpc) is 2.33. The van der Waals surface area contributed by atoms with Crippen LogP contribution in [0, 0.1) is 17.3 Å². The smallest absolute Gasteiger partial charge is 0.223 e. The summed E-state index contributed by atoms with van der Waals surface area (Å²) in [6.07, 6.45) is 1.62. The zero-order valence-electron chi connectivity index (χ0n) is 12.4. The molecule has 112 valence electrons. The lowest BCUT2D eigenvalue weighted by molar-refractivity contribution is -0.134. The highest BCUT2D eigenvalue weighted by Gasteiger charge is 2.45. The zero-order valence-corrected chi connectivity index (χ0v) is 12.4. The highest BCUT2D eigenvalue weighted by atomic mass is 16.3. The molecule has 0 saturated heterocycles. The molecular weight excluding hydrogens is 244 g/mol. The van der Waals surface area contributed by atoms with E-state index in [1.807, 2.05) is 0 Å². The van der Waals surface area contributed by atoms with Crippen LogP contribution in [0.2, 0.25) is 0 Å². The van der Waals surface area contributed by atoms with Gasteiger partial charge in [0, 0.05) is 18.5 Å². The third-order valence-electron chi connectivity index (χ3n) is 4.80. The van der Waals surface area contributed by atoms with Crippen LogP contribution in [-0.2, 0) is 4.79 Å². The molecule has 4 unspecified atom stereocenters. The maximum atomic E-state index is 12.3. The maximum absolute atomic E-state index is 12.3. The van der Waals surface area contributed by atoms with E-state index in [4.69, 9.17) is 10.8 Å². The van der Waals surface area contributed by atoms with Crippen LogP contribution in [-0.4, -0.2) is 40.9 Å². The number of aliphatic hydroxyl groups excluding tert-OH is 1. The first-order chi connectivity index (χ1) is 8.62. The van der Waals surface area contributed by atoms with Crippen LogP contribution in [0.25, 0.3) is 0 Å². The van der Waals surface area contributed by atoms with Gasteiger partial charge in [0.05, 0.1) is 6.61 Å². The minimum atomic E-state index is -1.27. The molecule has 1 saturated carbocycles. The molecule has 1 aliphatic carbocycles. The van der Waals surface area contributed by atoms with Gasteiger partial charge in [0.25, 0.3) is 0 Å². The van der Waals surface area contributed by atoms with Crippen molar-refractivity contribution < 1.29 is 15.0 Å². The molecule has 0 aliphatic heterocycles. The summed E-state index contributed by atoms with van der Waals surface area (Å²) >= 11 is 0. The molecule has 1 rings (SSSR count). The molecule has 0 aromatic carbocycles. The molecule has 1 aliphatic rings. The Labute approximate surface area is 115 Å². The lowest BCUT2D eigenvalue weighted by Gasteiger charge is -2.46. The zero-order chi connectivity index (χ0) is 14.8. The fourth-order valence-corrected chi connectivity index (χ4v) is 2.78. The maximum Gasteiger partial charge on any atom is 0.223 e. The average molecular weight is 272 g/mol. The van der Waals surface area contributed by atoms with Crippen LogP contribution >= 0.6 is 0 Å². The van der Waals surface area contributed by atoms with Crippen LogP contribution in [0.1, 0.15) is 40.5 Å². The topological polar surface area (TPSA) is 95.6 Å². The van der Waals surface area contributed by atoms with Crippen LogP contribution in [0.5, 0.6) is 0 Å². The molecule has 0 aromatic heterocycles. The van der Waals surface area contributed by atoms with Gasteiger partial charge in [-0.05, 0) is 31.1 Å². The van der Waals surface area contributed by atoms with E-state index >= 15 is 0 Å². The van der Waals surface area contributed by atoms with Crippen molar-refractivity contribution in [2.75, 3.05) is 13.2 Å². The number of aliphatic hydroxyl groups is 2. The summed E-state index contributed by atoms with van der Waals surface area (Å²) in [7, 11) is 0. The van der Waals surface area contributed by atoms with Gasteiger partial charge in [0.2, 0.25) is 5.91 Å². The standard InChI is InChI=1S/C14H28N2O3/c1-9-11(15)6-5-10(13(9,2)3)12(18)16-7-14(4,19)8-17/h9-11,17,19H,5-8,15H2,1-4H3,(H,16,18). The summed E-state index contributed by atoms with van der Waals surface area (Å²) in [5.41, 5.74) is 4.65. The van der Waals surface area contributed by atoms with E-state index in [-0.39, 0.29) is 42.4 Å². The third-order valence-corrected chi connectivity index (χ3v) is 4.80. The molecule has 0 spiro atoms. The number of hydrogen-bond donors (Lipinski definition) is 4. The van der Waals surface area contributed by atoms with Gasteiger partial charge in [-0.25, -0.2) is 0 Å². The summed E-state index contributed by atoms with van der Waals surface area (Å²) in [4.78, 5) is 12.3. The van der Waals surface area contributed by atoms with Crippen LogP contribution < -0.4 is 11.1 Å². The van der Waals surface area contributed by atoms with Gasteiger partial charge in [-0.15, -0.1) is 0 Å². The summed E-state index contributed by atoms with van der Waals surface area (Å²) in [6, 6.07) is 0.139. The van der Waals surface area contributed by atoms with E-state index in [9.17, 15) is 9.90 Å². The number of nitrogens with one attached hydrogen (secondary N) is 1. The highest BCUT2D eigenvalue weighted by Crippen LogP contribution is 2.44. The van der Waals surface area contributed by atoms with Crippen LogP contribution in [0.3, 0.4) is 0 Å². The van der Waals surface area contributed by atoms with Crippen molar-refractivity contribution in [3.8, 4) is 0 Å². The fraction of sp³-hybridized carbons (Fsp3) is 0.929. The SMILES string of the molecule is CC1C(N)CCC(C(=O)NCC(C)(O)CO)C1(C)C. The number of amides is 1. The summed E-state index contributed by atoms with van der Waals surface area (Å²) < 4.78 is 0. The molecule has 5 heteroatoms. The van der Waals surface area contributed by atoms with E-state index in [0.717, 1.165) is 12.8 Å². The van der Waals surface area contributed by atoms with Crippen LogP contribution in [0.4, 0.5) is 0 Å². The largest absolute Gasteiger partial charge is 0.393 e. The minimum Gasteiger partial charge on any atom is -0.393 e. The van der Waals surface area contributed by atoms with E-state index in [2.05, 4.69) is 26.1 Å². The quantitative estimate of drug-likeness (QED) is 0.590. The third kappa shape index (κ3) is 3.68. The van der Waals surface area contributed by atoms with Gasteiger partial charge in [-0.1, -0.05) is 20.8 Å². The monoisotopic (exact) mass is 272 g/mol. The fourth-order valence-electron chi connectivity index (χ4n) is 2.78. The Morgan fingerprint density at radius 1 is 1.47 bits per heavy atom. The molecule has 5 N–H and O–H groups in total. The number of carbonyl (C=O) groups excluding carboxylic acids is 1. The molecule has 0 heterocycles. The van der Waals surface area contributed by atoms with Crippen molar-refractivity contribution in [1.82, 2.24) is 5.32 Å². The Morgan fingerprint density at radius 3 is 2.58 bits per heavy atom. The first-order valence-corrected chi connectivity index (χ1v) is 6.98. The van der Waals surface area contributed by atoms with Gasteiger partial charge in [-0.2, -0.15) is 0 Å². The molecule has 19 heavy (non-hydrogen) atoms. The number of rotatable bonds is 4. The van der Waals surface area contributed by atoms with Crippen LogP contribution in [0.15, 0.2) is 0 Å². The molecule has 0 radical (unpaired) electrons. The first kappa shape index (κ1) is 16.4. The summed E-state index contributed by atoms with van der Waals surface area (Å²) in [5, 5.41) is 21.4. The first-order valence-electron chi connectivity index (χ1n) is 6.98. The Morgan fingerprint density at radius 2 is 2.05 bits per heavy atom. The second kappa shape index (κ2) is 5.77. The lowest BCUT2D eigenvalue weighted by Crippen LogP contribution is -2.53. The van der Waals surface area contributed by atoms with Crippen molar-refractivity contribution in [2.45, 2.75) is 52.2 Å². The molecule has 4 atom stereocenters. The predicted molar refractivity (Wildman–Crippen MR) is 74.4 cm³/mol. The van der Waals surface area contributed by atoms with Gasteiger partial charge in [0.15, 0.2) is 0 Å². The van der Waals surface area contributed by atoms with Gasteiger partial charge in [-0.3, -0.25) is 4.79 Å². The highest BCUT2D eigenvalue weighted by molar-refractivity contribution is 5.79. The summed E-state index contributed by atoms with van der Waals surface area (Å²) in [6.45, 7) is 7.43. The van der Waals surface area contributed by atoms with Gasteiger partial charge >= 0.3 is 0 Å². The Bertz CT molecular complexity index is 329.